The largest absolute Gasteiger partial charge is 0.411 e. The molecule has 0 radical (unpaired) electrons. The molecule has 0 aromatic heterocycles. The summed E-state index contributed by atoms with van der Waals surface area (Å²) in [7, 11) is 1.65. The van der Waals surface area contributed by atoms with E-state index in [0.29, 0.717) is 18.9 Å². The Kier molecular flexibility index (Phi) is 17.0. The van der Waals surface area contributed by atoms with Crippen LogP contribution in [-0.2, 0) is 9.47 Å². The lowest BCUT2D eigenvalue weighted by Gasteiger charge is -2.12. The molecule has 0 spiro atoms. The molecule has 0 amide bonds. The molecule has 0 fully saturated rings. The van der Waals surface area contributed by atoms with Gasteiger partial charge in [-0.3, -0.25) is 4.99 Å². The molecule has 2 N–H and O–H groups in total. The molecule has 0 atom stereocenters. The molecule has 0 unspecified atom stereocenters. The lowest BCUT2D eigenvalue weighted by Crippen LogP contribution is -2.38. The molecule has 0 rings (SSSR count). The Morgan fingerprint density at radius 1 is 1.00 bits per heavy atom. The first-order chi connectivity index (χ1) is 9.99. The topological polar surface area (TPSA) is 54.9 Å². The predicted octanol–water partition coefficient (Wildman–Crippen LogP) is 2.56. The van der Waals surface area contributed by atoms with E-state index < -0.39 is 12.8 Å². The van der Waals surface area contributed by atoms with Crippen molar-refractivity contribution in [2.24, 2.45) is 4.99 Å². The van der Waals surface area contributed by atoms with Crippen molar-refractivity contribution in [3.63, 3.8) is 0 Å². The van der Waals surface area contributed by atoms with Gasteiger partial charge in [-0.25, -0.2) is 0 Å². The van der Waals surface area contributed by atoms with Gasteiger partial charge in [0.15, 0.2) is 5.96 Å². The highest BCUT2D eigenvalue weighted by atomic mass is 127. The highest BCUT2D eigenvalue weighted by molar-refractivity contribution is 14.0. The normalized spacial score (nSPS) is 12.0. The smallest absolute Gasteiger partial charge is 0.382 e. The molecule has 9 heteroatoms. The number of aliphatic imine (C=N–C) groups is 1. The van der Waals surface area contributed by atoms with Crippen LogP contribution < -0.4 is 10.6 Å². The molecule has 0 saturated heterocycles. The van der Waals surface area contributed by atoms with E-state index in [4.69, 9.17) is 4.74 Å². The summed E-state index contributed by atoms with van der Waals surface area (Å²) in [5.74, 6) is 0.641. The summed E-state index contributed by atoms with van der Waals surface area (Å²) >= 11 is 0. The fourth-order valence-corrected chi connectivity index (χ4v) is 1.47. The van der Waals surface area contributed by atoms with E-state index in [0.717, 1.165) is 32.6 Å². The number of unbranched alkanes of at least 4 members (excludes halogenated alkanes) is 1. The first kappa shape index (κ1) is 24.0. The fourth-order valence-electron chi connectivity index (χ4n) is 1.47. The van der Waals surface area contributed by atoms with Gasteiger partial charge < -0.3 is 20.1 Å². The number of rotatable bonds is 11. The monoisotopic (exact) mass is 441 g/mol. The van der Waals surface area contributed by atoms with Crippen molar-refractivity contribution < 1.29 is 22.6 Å². The second-order valence-electron chi connectivity index (χ2n) is 4.35. The number of hydrogen-bond acceptors (Lipinski definition) is 3. The maximum Gasteiger partial charge on any atom is 0.411 e. The average molecular weight is 441 g/mol. The Balaban J connectivity index is 0. The third-order valence-electron chi connectivity index (χ3n) is 2.46. The molecule has 0 aliphatic carbocycles. The van der Waals surface area contributed by atoms with Crippen LogP contribution in [0.5, 0.6) is 0 Å². The van der Waals surface area contributed by atoms with Crippen LogP contribution in [0.25, 0.3) is 0 Å². The summed E-state index contributed by atoms with van der Waals surface area (Å²) in [6.45, 7) is 3.60. The van der Waals surface area contributed by atoms with Crippen molar-refractivity contribution in [1.29, 1.82) is 0 Å². The third-order valence-corrected chi connectivity index (χ3v) is 2.46. The highest BCUT2D eigenvalue weighted by Crippen LogP contribution is 2.14. The number of alkyl halides is 3. The van der Waals surface area contributed by atoms with Gasteiger partial charge in [0.1, 0.15) is 6.61 Å². The zero-order valence-corrected chi connectivity index (χ0v) is 15.5. The minimum absolute atomic E-state index is 0. The summed E-state index contributed by atoms with van der Waals surface area (Å²) in [6.07, 6.45) is -1.83. The van der Waals surface area contributed by atoms with Crippen LogP contribution in [0.4, 0.5) is 13.2 Å². The highest BCUT2D eigenvalue weighted by Gasteiger charge is 2.27. The molecule has 0 bridgehead atoms. The standard InChI is InChI=1S/C13H26F3N3O2.HI/c1-3-20-9-5-4-7-18-12(17-2)19-8-6-10-21-11-13(14,15)16;/h3-11H2,1-2H3,(H2,17,18,19);1H. The number of nitrogens with zero attached hydrogens (tertiary/aromatic N) is 1. The van der Waals surface area contributed by atoms with E-state index in [1.54, 1.807) is 7.05 Å². The summed E-state index contributed by atoms with van der Waals surface area (Å²) < 4.78 is 45.2. The first-order valence-corrected chi connectivity index (χ1v) is 7.16. The minimum atomic E-state index is -4.26. The van der Waals surface area contributed by atoms with Gasteiger partial charge in [-0.1, -0.05) is 0 Å². The van der Waals surface area contributed by atoms with Crippen LogP contribution >= 0.6 is 24.0 Å². The van der Waals surface area contributed by atoms with Crippen molar-refractivity contribution in [2.75, 3.05) is 46.6 Å². The number of ether oxygens (including phenoxy) is 2. The summed E-state index contributed by atoms with van der Waals surface area (Å²) in [4.78, 5) is 4.02. The van der Waals surface area contributed by atoms with Crippen LogP contribution in [0.2, 0.25) is 0 Å². The van der Waals surface area contributed by atoms with E-state index in [1.165, 1.54) is 0 Å². The fraction of sp³-hybridized carbons (Fsp3) is 0.923. The van der Waals surface area contributed by atoms with Gasteiger partial charge >= 0.3 is 6.18 Å². The van der Waals surface area contributed by atoms with E-state index in [2.05, 4.69) is 20.4 Å². The van der Waals surface area contributed by atoms with Gasteiger partial charge in [0, 0.05) is 40.0 Å². The minimum Gasteiger partial charge on any atom is -0.382 e. The van der Waals surface area contributed by atoms with E-state index >= 15 is 0 Å². The molecule has 134 valence electrons. The van der Waals surface area contributed by atoms with Crippen LogP contribution in [0.15, 0.2) is 4.99 Å². The van der Waals surface area contributed by atoms with Gasteiger partial charge in [-0.05, 0) is 26.2 Å². The Labute approximate surface area is 147 Å². The van der Waals surface area contributed by atoms with Gasteiger partial charge in [-0.15, -0.1) is 24.0 Å². The third kappa shape index (κ3) is 17.8. The summed E-state index contributed by atoms with van der Waals surface area (Å²) in [6, 6.07) is 0. The SMILES string of the molecule is CCOCCCCNC(=NC)NCCCOCC(F)(F)F.I. The van der Waals surface area contributed by atoms with Crippen molar-refractivity contribution in [1.82, 2.24) is 10.6 Å². The van der Waals surface area contributed by atoms with Gasteiger partial charge in [0.25, 0.3) is 0 Å². The van der Waals surface area contributed by atoms with Gasteiger partial charge in [-0.2, -0.15) is 13.2 Å². The molecule has 0 heterocycles. The number of hydrogen-bond donors (Lipinski definition) is 2. The maximum absolute atomic E-state index is 11.8. The molecule has 22 heavy (non-hydrogen) atoms. The molecule has 0 aromatic rings. The molecule has 0 aliphatic rings. The van der Waals surface area contributed by atoms with Crippen molar-refractivity contribution in [3.05, 3.63) is 0 Å². The predicted molar refractivity (Wildman–Crippen MR) is 92.0 cm³/mol. The quantitative estimate of drug-likeness (QED) is 0.224. The van der Waals surface area contributed by atoms with E-state index in [9.17, 15) is 13.2 Å². The van der Waals surface area contributed by atoms with E-state index in [1.807, 2.05) is 6.92 Å². The lowest BCUT2D eigenvalue weighted by atomic mass is 10.3. The van der Waals surface area contributed by atoms with Crippen LogP contribution in [0.3, 0.4) is 0 Å². The van der Waals surface area contributed by atoms with E-state index in [-0.39, 0.29) is 30.6 Å². The molecular weight excluding hydrogens is 414 g/mol. The molecule has 0 aliphatic heterocycles. The Morgan fingerprint density at radius 2 is 1.59 bits per heavy atom. The Morgan fingerprint density at radius 3 is 2.14 bits per heavy atom. The lowest BCUT2D eigenvalue weighted by molar-refractivity contribution is -0.173. The van der Waals surface area contributed by atoms with Gasteiger partial charge in [0.05, 0.1) is 0 Å². The average Bonchev–Trinajstić information content (AvgIpc) is 2.42. The van der Waals surface area contributed by atoms with Crippen molar-refractivity contribution in [3.8, 4) is 0 Å². The number of halogens is 4. The van der Waals surface area contributed by atoms with Crippen LogP contribution in [0, 0.1) is 0 Å². The number of nitrogens with one attached hydrogen (secondary N) is 2. The summed E-state index contributed by atoms with van der Waals surface area (Å²) in [5.41, 5.74) is 0. The Bertz CT molecular complexity index is 280. The molecule has 0 saturated carbocycles. The maximum atomic E-state index is 11.8. The first-order valence-electron chi connectivity index (χ1n) is 7.16. The number of guanidine groups is 1. The zero-order chi connectivity index (χ0) is 16.0. The van der Waals surface area contributed by atoms with Crippen molar-refractivity contribution in [2.45, 2.75) is 32.4 Å². The van der Waals surface area contributed by atoms with Crippen LogP contribution in [0.1, 0.15) is 26.2 Å². The van der Waals surface area contributed by atoms with Gasteiger partial charge in [0.2, 0.25) is 0 Å². The van der Waals surface area contributed by atoms with Crippen molar-refractivity contribution >= 4 is 29.9 Å². The second kappa shape index (κ2) is 15.6. The molecular formula is C13H27F3IN3O2. The zero-order valence-electron chi connectivity index (χ0n) is 13.2. The molecule has 0 aromatic carbocycles. The van der Waals surface area contributed by atoms with Crippen LogP contribution in [-0.4, -0.2) is 58.7 Å². The molecule has 5 nitrogen and oxygen atoms in total. The summed E-state index contributed by atoms with van der Waals surface area (Å²) in [5, 5.41) is 6.14. The Hall–Kier alpha value is -0.290. The second-order valence-corrected chi connectivity index (χ2v) is 4.35.